The first-order valence-electron chi connectivity index (χ1n) is 24.2. The molecule has 0 spiro atoms. The van der Waals surface area contributed by atoms with Gasteiger partial charge >= 0.3 is 30.7 Å². The Morgan fingerprint density at radius 3 is 1.40 bits per heavy atom. The van der Waals surface area contributed by atoms with Crippen molar-refractivity contribution in [3.63, 3.8) is 0 Å². The summed E-state index contributed by atoms with van der Waals surface area (Å²) < 4.78 is 198. The van der Waals surface area contributed by atoms with Gasteiger partial charge in [0.2, 0.25) is 0 Å². The predicted molar refractivity (Wildman–Crippen MR) is 277 cm³/mol. The molecule has 0 atom stereocenters. The Bertz CT molecular complexity index is 4310. The highest BCUT2D eigenvalue weighted by Gasteiger charge is 2.40. The van der Waals surface area contributed by atoms with Gasteiger partial charge in [-0.05, 0) is 113 Å². The SMILES string of the molecule is O=Cc1c(Oc2ccccc2)cc(OC(=O)Cc2ccc(-n3c(=O)c4cc(-c5cc(C(F)(F)F)cc(C(F)(F)F)c5)c5oc6ccccc6c6c(-c7cc(C(F)(F)F)cc(C(F)(F)F)c7)cc(c3=O)c4c56)cc2)cc1Oc1ccccc1. The minimum absolute atomic E-state index is 0.0310. The van der Waals surface area contributed by atoms with E-state index in [1.54, 1.807) is 60.7 Å². The maximum absolute atomic E-state index is 15.0. The van der Waals surface area contributed by atoms with Crippen LogP contribution in [0.5, 0.6) is 28.7 Å². The molecule has 82 heavy (non-hydrogen) atoms. The van der Waals surface area contributed by atoms with Crippen molar-refractivity contribution in [1.29, 1.82) is 0 Å². The van der Waals surface area contributed by atoms with E-state index in [0.717, 1.165) is 12.1 Å². The lowest BCUT2D eigenvalue weighted by Gasteiger charge is -2.21. The number of aromatic nitrogens is 1. The fourth-order valence-corrected chi connectivity index (χ4v) is 9.68. The molecule has 11 rings (SSSR count). The van der Waals surface area contributed by atoms with Crippen LogP contribution in [0.1, 0.15) is 38.2 Å². The molecule has 0 aliphatic carbocycles. The minimum Gasteiger partial charge on any atom is -0.456 e. The highest BCUT2D eigenvalue weighted by molar-refractivity contribution is 6.32. The molecule has 0 saturated heterocycles. The molecule has 0 unspecified atom stereocenters. The first kappa shape index (κ1) is 54.1. The van der Waals surface area contributed by atoms with Gasteiger partial charge in [-0.1, -0.05) is 66.7 Å². The molecule has 0 radical (unpaired) electrons. The second-order valence-corrected chi connectivity index (χ2v) is 18.6. The summed E-state index contributed by atoms with van der Waals surface area (Å²) in [5.41, 5.74) is -13.2. The van der Waals surface area contributed by atoms with E-state index in [9.17, 15) is 62.3 Å². The van der Waals surface area contributed by atoms with Crippen molar-refractivity contribution < 1.29 is 80.9 Å². The number of hydrogen-bond donors (Lipinski definition) is 0. The van der Waals surface area contributed by atoms with E-state index in [0.29, 0.717) is 46.6 Å². The highest BCUT2D eigenvalue weighted by atomic mass is 19.4. The van der Waals surface area contributed by atoms with Crippen LogP contribution in [-0.4, -0.2) is 16.8 Å². The quantitative estimate of drug-likeness (QED) is 0.0314. The van der Waals surface area contributed by atoms with E-state index < -0.39 is 114 Å². The second kappa shape index (κ2) is 20.0. The van der Waals surface area contributed by atoms with Crippen molar-refractivity contribution in [3.05, 3.63) is 224 Å². The molecule has 9 aromatic carbocycles. The number of nitrogens with zero attached hydrogens (tertiary/aromatic N) is 1. The van der Waals surface area contributed by atoms with Crippen molar-refractivity contribution in [3.8, 4) is 56.7 Å². The van der Waals surface area contributed by atoms with Crippen LogP contribution in [-0.2, 0) is 35.9 Å². The Hall–Kier alpha value is -9.92. The van der Waals surface area contributed by atoms with E-state index in [2.05, 4.69) is 0 Å². The van der Waals surface area contributed by atoms with Crippen molar-refractivity contribution in [2.45, 2.75) is 31.1 Å². The Kier molecular flexibility index (Phi) is 13.2. The summed E-state index contributed by atoms with van der Waals surface area (Å²) in [7, 11) is 0. The van der Waals surface area contributed by atoms with Gasteiger partial charge in [-0.15, -0.1) is 0 Å². The number of halogens is 12. The van der Waals surface area contributed by atoms with Gasteiger partial charge in [0.05, 0.1) is 39.9 Å². The number of benzene rings is 9. The summed E-state index contributed by atoms with van der Waals surface area (Å²) in [5.74, 6) is -0.464. The number of para-hydroxylation sites is 3. The van der Waals surface area contributed by atoms with E-state index >= 15 is 9.59 Å². The zero-order valence-corrected chi connectivity index (χ0v) is 41.2. The number of ether oxygens (including phenoxy) is 3. The maximum Gasteiger partial charge on any atom is 0.416 e. The molecular formula is C61H31F12NO8. The standard InChI is InChI=1S/C61H31F12NO8/c62-58(63,64)34-20-32(21-35(24-34)59(65,66)67)43-28-45-53-46(29-44(55-54(53)52(43)42-13-7-8-14-48(42)82-55)33-22-36(60(68,69)70)25-37(23-33)61(71,72)73)57(78)74(56(45)77)38-17-15-31(16-18-38)19-51(76)81-41-26-49(79-39-9-3-1-4-10-39)47(30-75)50(27-41)80-40-11-5-2-6-12-40/h1-18,20-30H,19H2. The maximum atomic E-state index is 15.0. The van der Waals surface area contributed by atoms with Gasteiger partial charge in [0.1, 0.15) is 39.9 Å². The van der Waals surface area contributed by atoms with Gasteiger partial charge in [-0.25, -0.2) is 4.57 Å². The van der Waals surface area contributed by atoms with E-state index in [1.807, 2.05) is 0 Å². The Morgan fingerprint density at radius 2 is 0.927 bits per heavy atom. The smallest absolute Gasteiger partial charge is 0.416 e. The summed E-state index contributed by atoms with van der Waals surface area (Å²) in [4.78, 5) is 56.1. The van der Waals surface area contributed by atoms with E-state index in [1.165, 1.54) is 60.7 Å². The second-order valence-electron chi connectivity index (χ2n) is 18.6. The summed E-state index contributed by atoms with van der Waals surface area (Å²) in [5, 5.41) is -2.20. The number of carbonyl (C=O) groups is 2. The lowest BCUT2D eigenvalue weighted by molar-refractivity contribution is -0.144. The molecule has 9 nitrogen and oxygen atoms in total. The lowest BCUT2D eigenvalue weighted by atomic mass is 9.86. The summed E-state index contributed by atoms with van der Waals surface area (Å²) in [6.07, 6.45) is -21.6. The van der Waals surface area contributed by atoms with E-state index in [-0.39, 0.29) is 67.9 Å². The first-order valence-corrected chi connectivity index (χ1v) is 24.2. The molecule has 0 N–H and O–H groups in total. The number of rotatable bonds is 11. The van der Waals surface area contributed by atoms with Gasteiger partial charge in [0.15, 0.2) is 6.29 Å². The molecule has 11 aromatic rings. The molecule has 0 aliphatic rings. The van der Waals surface area contributed by atoms with Gasteiger partial charge in [-0.3, -0.25) is 19.2 Å². The van der Waals surface area contributed by atoms with Crippen LogP contribution in [0.3, 0.4) is 0 Å². The van der Waals surface area contributed by atoms with Gasteiger partial charge in [0, 0.05) is 50.0 Å². The normalized spacial score (nSPS) is 12.4. The van der Waals surface area contributed by atoms with Crippen LogP contribution in [0.25, 0.3) is 71.4 Å². The van der Waals surface area contributed by atoms with Crippen molar-refractivity contribution >= 4 is 55.7 Å². The monoisotopic (exact) mass is 1130 g/mol. The molecule has 0 fully saturated rings. The summed E-state index contributed by atoms with van der Waals surface area (Å²) in [6, 6.07) is 32.5. The van der Waals surface area contributed by atoms with Crippen LogP contribution in [0.4, 0.5) is 52.7 Å². The molecule has 0 amide bonds. The third-order valence-corrected chi connectivity index (χ3v) is 13.3. The number of carbonyl (C=O) groups excluding carboxylic acids is 2. The van der Waals surface area contributed by atoms with Crippen LogP contribution >= 0.6 is 0 Å². The Balaban J connectivity index is 1.09. The fourth-order valence-electron chi connectivity index (χ4n) is 9.68. The van der Waals surface area contributed by atoms with Crippen molar-refractivity contribution in [2.24, 2.45) is 0 Å². The van der Waals surface area contributed by atoms with Crippen molar-refractivity contribution in [1.82, 2.24) is 4.57 Å². The van der Waals surface area contributed by atoms with Crippen LogP contribution in [0.15, 0.2) is 184 Å². The molecule has 0 aliphatic heterocycles. The number of alkyl halides is 12. The fraction of sp³-hybridized carbons (Fsp3) is 0.0820. The summed E-state index contributed by atoms with van der Waals surface area (Å²) in [6.45, 7) is 0. The molecule has 21 heteroatoms. The number of hydrogen-bond acceptors (Lipinski definition) is 8. The van der Waals surface area contributed by atoms with Crippen molar-refractivity contribution in [2.75, 3.05) is 0 Å². The third kappa shape index (κ3) is 10.2. The van der Waals surface area contributed by atoms with Gasteiger partial charge < -0.3 is 18.6 Å². The van der Waals surface area contributed by atoms with Crippen LogP contribution < -0.4 is 25.3 Å². The molecule has 0 saturated carbocycles. The molecule has 2 heterocycles. The molecular weight excluding hydrogens is 1100 g/mol. The molecule has 0 bridgehead atoms. The molecule has 2 aromatic heterocycles. The van der Waals surface area contributed by atoms with Gasteiger partial charge in [0.25, 0.3) is 11.1 Å². The van der Waals surface area contributed by atoms with Gasteiger partial charge in [-0.2, -0.15) is 52.7 Å². The summed E-state index contributed by atoms with van der Waals surface area (Å²) >= 11 is 0. The average molecular weight is 1130 g/mol. The minimum atomic E-state index is -5.40. The van der Waals surface area contributed by atoms with Crippen LogP contribution in [0, 0.1) is 0 Å². The third-order valence-electron chi connectivity index (χ3n) is 13.3. The zero-order chi connectivity index (χ0) is 58.2. The Labute approximate surface area is 451 Å². The topological polar surface area (TPSA) is 114 Å². The predicted octanol–water partition coefficient (Wildman–Crippen LogP) is 16.8. The molecule has 412 valence electrons. The largest absolute Gasteiger partial charge is 0.456 e. The highest BCUT2D eigenvalue weighted by Crippen LogP contribution is 2.49. The lowest BCUT2D eigenvalue weighted by Crippen LogP contribution is -2.32. The number of aldehydes is 1. The first-order chi connectivity index (χ1) is 38.8. The number of pyridine rings is 1. The average Bonchev–Trinajstić information content (AvgIpc) is 0.932. The number of esters is 1. The zero-order valence-electron chi connectivity index (χ0n) is 41.2. The number of fused-ring (bicyclic) bond motifs is 2. The Morgan fingerprint density at radius 1 is 0.476 bits per heavy atom. The van der Waals surface area contributed by atoms with E-state index in [4.69, 9.17) is 18.6 Å². The van der Waals surface area contributed by atoms with Crippen LogP contribution in [0.2, 0.25) is 0 Å².